The van der Waals surface area contributed by atoms with Gasteiger partial charge in [0.25, 0.3) is 5.56 Å². The fourth-order valence-corrected chi connectivity index (χ4v) is 5.31. The number of amides is 2. The van der Waals surface area contributed by atoms with E-state index < -0.39 is 29.2 Å². The molecule has 232 valence electrons. The molecule has 5 rings (SSSR count). The molecule has 0 aliphatic heterocycles. The van der Waals surface area contributed by atoms with Crippen molar-refractivity contribution in [2.24, 2.45) is 0 Å². The van der Waals surface area contributed by atoms with Crippen molar-refractivity contribution < 1.29 is 23.1 Å². The van der Waals surface area contributed by atoms with E-state index in [1.165, 1.54) is 29.5 Å². The highest BCUT2D eigenvalue weighted by atomic mass is 19.1. The fourth-order valence-electron chi connectivity index (χ4n) is 5.31. The second kappa shape index (κ2) is 12.1. The first-order valence-corrected chi connectivity index (χ1v) is 14.5. The molecular weight excluding hydrogens is 578 g/mol. The molecule has 0 radical (unpaired) electrons. The number of hydrogen-bond acceptors (Lipinski definition) is 5. The highest BCUT2D eigenvalue weighted by Gasteiger charge is 2.27. The number of nitrogens with zero attached hydrogens (tertiary/aromatic N) is 4. The molecule has 2 aromatic heterocycles. The van der Waals surface area contributed by atoms with E-state index in [-0.39, 0.29) is 23.4 Å². The number of fused-ring (bicyclic) bond motifs is 1. The van der Waals surface area contributed by atoms with Crippen LogP contribution in [-0.4, -0.2) is 31.6 Å². The van der Waals surface area contributed by atoms with E-state index >= 15 is 0 Å². The van der Waals surface area contributed by atoms with Gasteiger partial charge in [0.1, 0.15) is 17.2 Å². The molecule has 0 fully saturated rings. The van der Waals surface area contributed by atoms with Gasteiger partial charge in [0.05, 0.1) is 23.6 Å². The van der Waals surface area contributed by atoms with Gasteiger partial charge in [-0.15, -0.1) is 0 Å². The van der Waals surface area contributed by atoms with Crippen LogP contribution in [0, 0.1) is 25.5 Å². The Morgan fingerprint density at radius 1 is 0.867 bits per heavy atom. The number of halogens is 2. The fraction of sp³-hybridized carbons (Fsp3) is 0.257. The van der Waals surface area contributed by atoms with Gasteiger partial charge in [-0.25, -0.2) is 27.9 Å². The van der Waals surface area contributed by atoms with E-state index in [1.54, 1.807) is 63.5 Å². The number of rotatable bonds is 6. The van der Waals surface area contributed by atoms with Gasteiger partial charge < -0.3 is 9.30 Å². The summed E-state index contributed by atoms with van der Waals surface area (Å²) in [6, 6.07) is 19.8. The van der Waals surface area contributed by atoms with E-state index in [2.05, 4.69) is 0 Å². The molecule has 3 aromatic carbocycles. The van der Waals surface area contributed by atoms with Crippen LogP contribution in [0.3, 0.4) is 0 Å². The number of anilines is 1. The molecule has 0 atom stereocenters. The molecule has 0 N–H and O–H groups in total. The van der Waals surface area contributed by atoms with Crippen LogP contribution in [-0.2, 0) is 22.5 Å². The van der Waals surface area contributed by atoms with Gasteiger partial charge in [-0.3, -0.25) is 9.59 Å². The first kappa shape index (κ1) is 31.3. The molecule has 0 unspecified atom stereocenters. The van der Waals surface area contributed by atoms with E-state index in [9.17, 15) is 23.2 Å². The van der Waals surface area contributed by atoms with Crippen molar-refractivity contribution in [3.63, 3.8) is 0 Å². The van der Waals surface area contributed by atoms with Gasteiger partial charge in [0.2, 0.25) is 11.7 Å². The number of aryl methyl sites for hydroxylation is 1. The number of benzene rings is 3. The Bertz CT molecular complexity index is 1950. The SMILES string of the molecule is CC(=O)N(C(=O)OC(C)(C)C)c1ccc(-c2nc3n(Cc4c(F)cccc4F)c(C)c(Cc4ccccc4)c(=O)n3c2C)cc1. The molecule has 10 heteroatoms. The van der Waals surface area contributed by atoms with E-state index in [0.29, 0.717) is 40.3 Å². The molecule has 0 saturated heterocycles. The van der Waals surface area contributed by atoms with Crippen LogP contribution >= 0.6 is 0 Å². The average molecular weight is 613 g/mol. The molecule has 45 heavy (non-hydrogen) atoms. The summed E-state index contributed by atoms with van der Waals surface area (Å²) >= 11 is 0. The van der Waals surface area contributed by atoms with Crippen molar-refractivity contribution in [3.05, 3.63) is 123 Å². The molecule has 0 spiro atoms. The molecular formula is C35H34F2N4O4. The summed E-state index contributed by atoms with van der Waals surface area (Å²) in [4.78, 5) is 44.9. The largest absolute Gasteiger partial charge is 0.443 e. The van der Waals surface area contributed by atoms with E-state index in [0.717, 1.165) is 10.5 Å². The lowest BCUT2D eigenvalue weighted by atomic mass is 10.0. The maximum absolute atomic E-state index is 14.8. The Morgan fingerprint density at radius 2 is 1.49 bits per heavy atom. The minimum absolute atomic E-state index is 0.144. The summed E-state index contributed by atoms with van der Waals surface area (Å²) in [5.41, 5.74) is 2.60. The maximum Gasteiger partial charge on any atom is 0.421 e. The summed E-state index contributed by atoms with van der Waals surface area (Å²) in [5.74, 6) is -1.68. The van der Waals surface area contributed by atoms with Gasteiger partial charge in [-0.1, -0.05) is 48.5 Å². The smallest absolute Gasteiger partial charge is 0.421 e. The lowest BCUT2D eigenvalue weighted by molar-refractivity contribution is -0.116. The topological polar surface area (TPSA) is 85.9 Å². The van der Waals surface area contributed by atoms with Gasteiger partial charge in [0.15, 0.2) is 0 Å². The molecule has 0 aliphatic rings. The molecule has 8 nitrogen and oxygen atoms in total. The van der Waals surface area contributed by atoms with Gasteiger partial charge >= 0.3 is 6.09 Å². The summed E-state index contributed by atoms with van der Waals surface area (Å²) in [7, 11) is 0. The highest BCUT2D eigenvalue weighted by Crippen LogP contribution is 2.28. The third kappa shape index (κ3) is 6.26. The number of carbonyl (C=O) groups excluding carboxylic acids is 2. The van der Waals surface area contributed by atoms with Crippen LogP contribution in [0.2, 0.25) is 0 Å². The monoisotopic (exact) mass is 612 g/mol. The summed E-state index contributed by atoms with van der Waals surface area (Å²) < 4.78 is 38.2. The third-order valence-electron chi connectivity index (χ3n) is 7.53. The minimum Gasteiger partial charge on any atom is -0.443 e. The van der Waals surface area contributed by atoms with Crippen molar-refractivity contribution in [2.75, 3.05) is 4.90 Å². The summed E-state index contributed by atoms with van der Waals surface area (Å²) in [5, 5.41) is 0. The lowest BCUT2D eigenvalue weighted by Gasteiger charge is -2.25. The number of ether oxygens (including phenoxy) is 1. The van der Waals surface area contributed by atoms with Crippen LogP contribution in [0.25, 0.3) is 17.0 Å². The summed E-state index contributed by atoms with van der Waals surface area (Å²) in [6.45, 7) is 9.72. The quantitative estimate of drug-likeness (QED) is 0.206. The Hall–Kier alpha value is -5.12. The number of carbonyl (C=O) groups is 2. The molecule has 2 amide bonds. The van der Waals surface area contributed by atoms with Crippen molar-refractivity contribution in [3.8, 4) is 11.3 Å². The van der Waals surface area contributed by atoms with Gasteiger partial charge in [-0.2, -0.15) is 0 Å². The number of aromatic nitrogens is 3. The zero-order chi connectivity index (χ0) is 32.6. The number of imidazole rings is 1. The third-order valence-corrected chi connectivity index (χ3v) is 7.53. The highest BCUT2D eigenvalue weighted by molar-refractivity contribution is 6.11. The first-order valence-electron chi connectivity index (χ1n) is 14.5. The first-order chi connectivity index (χ1) is 21.3. The normalized spacial score (nSPS) is 11.6. The minimum atomic E-state index is -0.800. The van der Waals surface area contributed by atoms with Crippen molar-refractivity contribution in [1.29, 1.82) is 0 Å². The van der Waals surface area contributed by atoms with Crippen LogP contribution < -0.4 is 10.5 Å². The molecule has 0 aliphatic carbocycles. The predicted octanol–water partition coefficient (Wildman–Crippen LogP) is 6.99. The molecule has 0 saturated carbocycles. The standard InChI is InChI=1S/C35H34F2N4O4/c1-21-27(19-24-11-8-7-9-12-24)32(43)40-22(2)31(38-33(40)39(21)20-28-29(36)13-10-14-30(28)37)25-15-17-26(18-16-25)41(23(3)42)34(44)45-35(4,5)6/h7-18H,19-20H2,1-6H3. The average Bonchev–Trinajstić information content (AvgIpc) is 3.31. The van der Waals surface area contributed by atoms with Crippen molar-refractivity contribution in [2.45, 2.75) is 60.1 Å². The van der Waals surface area contributed by atoms with Crippen LogP contribution in [0.1, 0.15) is 55.8 Å². The second-order valence-corrected chi connectivity index (χ2v) is 11.9. The second-order valence-electron chi connectivity index (χ2n) is 11.9. The van der Waals surface area contributed by atoms with Crippen molar-refractivity contribution >= 4 is 23.5 Å². The molecule has 2 heterocycles. The zero-order valence-corrected chi connectivity index (χ0v) is 26.0. The molecule has 5 aromatic rings. The van der Waals surface area contributed by atoms with Crippen LogP contribution in [0.15, 0.2) is 77.6 Å². The van der Waals surface area contributed by atoms with Gasteiger partial charge in [-0.05, 0) is 64.4 Å². The molecule has 0 bridgehead atoms. The Kier molecular flexibility index (Phi) is 8.42. The number of imide groups is 1. The zero-order valence-electron chi connectivity index (χ0n) is 26.0. The number of hydrogen-bond donors (Lipinski definition) is 0. The van der Waals surface area contributed by atoms with Crippen LogP contribution in [0.5, 0.6) is 0 Å². The summed E-state index contributed by atoms with van der Waals surface area (Å²) in [6.07, 6.45) is -0.487. The Balaban J connectivity index is 1.66. The predicted molar refractivity (Wildman–Crippen MR) is 168 cm³/mol. The maximum atomic E-state index is 14.8. The van der Waals surface area contributed by atoms with E-state index in [1.807, 2.05) is 30.3 Å². The van der Waals surface area contributed by atoms with Crippen LogP contribution in [0.4, 0.5) is 19.3 Å². The Labute approximate surface area is 259 Å². The van der Waals surface area contributed by atoms with Gasteiger partial charge in [0, 0.05) is 35.7 Å². The van der Waals surface area contributed by atoms with E-state index in [4.69, 9.17) is 9.72 Å². The Morgan fingerprint density at radius 3 is 2.07 bits per heavy atom. The van der Waals surface area contributed by atoms with Crippen molar-refractivity contribution in [1.82, 2.24) is 14.0 Å². The lowest BCUT2D eigenvalue weighted by Crippen LogP contribution is -2.39.